The second-order valence-corrected chi connectivity index (χ2v) is 7.05. The lowest BCUT2D eigenvalue weighted by Gasteiger charge is -2.32. The van der Waals surface area contributed by atoms with Crippen molar-refractivity contribution in [3.8, 4) is 16.9 Å². The molecule has 0 atom stereocenters. The van der Waals surface area contributed by atoms with Crippen LogP contribution in [0.2, 0.25) is 0 Å². The number of nitrogens with two attached hydrogens (primary N) is 1. The smallest absolute Gasteiger partial charge is 0.226 e. The first-order valence-electron chi connectivity index (χ1n) is 10.1. The molecule has 0 bridgehead atoms. The molecule has 1 aliphatic heterocycles. The molecular formula is C23H31ClN2O3. The molecule has 158 valence electrons. The largest absolute Gasteiger partial charge is 0.492 e. The van der Waals surface area contributed by atoms with Gasteiger partial charge in [-0.3, -0.25) is 4.79 Å². The molecule has 1 aliphatic rings. The second-order valence-electron chi connectivity index (χ2n) is 7.05. The fourth-order valence-corrected chi connectivity index (χ4v) is 3.46. The van der Waals surface area contributed by atoms with Crippen LogP contribution in [0.25, 0.3) is 11.1 Å². The van der Waals surface area contributed by atoms with Crippen LogP contribution in [0.5, 0.6) is 5.75 Å². The van der Waals surface area contributed by atoms with Crippen molar-refractivity contribution in [3.05, 3.63) is 54.6 Å². The quantitative estimate of drug-likeness (QED) is 0.627. The number of piperidine rings is 1. The zero-order chi connectivity index (χ0) is 19.6. The number of amides is 1. The van der Waals surface area contributed by atoms with Gasteiger partial charge < -0.3 is 20.1 Å². The van der Waals surface area contributed by atoms with Crippen LogP contribution >= 0.6 is 12.4 Å². The highest BCUT2D eigenvalue weighted by atomic mass is 35.5. The van der Waals surface area contributed by atoms with E-state index in [4.69, 9.17) is 15.2 Å². The maximum Gasteiger partial charge on any atom is 0.226 e. The van der Waals surface area contributed by atoms with Crippen LogP contribution in [0.1, 0.15) is 25.7 Å². The molecule has 1 heterocycles. The average Bonchev–Trinajstić information content (AvgIpc) is 2.75. The van der Waals surface area contributed by atoms with Crippen molar-refractivity contribution in [3.63, 3.8) is 0 Å². The molecule has 5 nitrogen and oxygen atoms in total. The van der Waals surface area contributed by atoms with E-state index >= 15 is 0 Å². The van der Waals surface area contributed by atoms with Gasteiger partial charge in [-0.25, -0.2) is 0 Å². The molecule has 0 spiro atoms. The van der Waals surface area contributed by atoms with Gasteiger partial charge in [-0.1, -0.05) is 48.5 Å². The third kappa shape index (κ3) is 7.03. The zero-order valence-corrected chi connectivity index (χ0v) is 17.6. The van der Waals surface area contributed by atoms with Crippen LogP contribution in [0.3, 0.4) is 0 Å². The molecule has 0 radical (unpaired) electrons. The minimum Gasteiger partial charge on any atom is -0.492 e. The number of hydrogen-bond acceptors (Lipinski definition) is 4. The molecule has 0 aliphatic carbocycles. The van der Waals surface area contributed by atoms with Gasteiger partial charge >= 0.3 is 0 Å². The Labute approximate surface area is 179 Å². The number of likely N-dealkylation sites (tertiary alicyclic amines) is 1. The van der Waals surface area contributed by atoms with E-state index in [0.29, 0.717) is 26.2 Å². The first-order chi connectivity index (χ1) is 13.8. The lowest BCUT2D eigenvalue weighted by molar-refractivity contribution is -0.134. The molecule has 1 saturated heterocycles. The van der Waals surface area contributed by atoms with Crippen molar-refractivity contribution in [1.29, 1.82) is 0 Å². The number of halogens is 1. The number of carbonyl (C=O) groups is 1. The van der Waals surface area contributed by atoms with Gasteiger partial charge in [0.05, 0.1) is 19.1 Å². The summed E-state index contributed by atoms with van der Waals surface area (Å²) in [6.45, 7) is 3.27. The van der Waals surface area contributed by atoms with Gasteiger partial charge in [-0.2, -0.15) is 0 Å². The lowest BCUT2D eigenvalue weighted by atomic mass is 10.1. The fraction of sp³-hybridized carbons (Fsp3) is 0.435. The van der Waals surface area contributed by atoms with Gasteiger partial charge in [0.2, 0.25) is 5.91 Å². The fourth-order valence-electron chi connectivity index (χ4n) is 3.46. The molecule has 2 N–H and O–H groups in total. The SMILES string of the molecule is Cl.NCCCOC1CCN(C(=O)CCOc2ccccc2-c2ccccc2)CC1. The standard InChI is InChI=1S/C23H30N2O3.ClH/c24-14-6-17-27-20-11-15-25(16-12-20)23(26)13-18-28-22-10-5-4-9-21(22)19-7-2-1-3-8-19;/h1-5,7-10,20H,6,11-18,24H2;1H. The van der Waals surface area contributed by atoms with E-state index in [2.05, 4.69) is 12.1 Å². The summed E-state index contributed by atoms with van der Waals surface area (Å²) in [6, 6.07) is 18.1. The first-order valence-corrected chi connectivity index (χ1v) is 10.1. The van der Waals surface area contributed by atoms with E-state index < -0.39 is 0 Å². The van der Waals surface area contributed by atoms with E-state index in [1.165, 1.54) is 0 Å². The van der Waals surface area contributed by atoms with Gasteiger partial charge in [0.1, 0.15) is 5.75 Å². The molecule has 3 rings (SSSR count). The Kier molecular flexibility index (Phi) is 9.98. The summed E-state index contributed by atoms with van der Waals surface area (Å²) in [7, 11) is 0. The predicted octanol–water partition coefficient (Wildman–Crippen LogP) is 3.90. The summed E-state index contributed by atoms with van der Waals surface area (Å²) < 4.78 is 11.8. The van der Waals surface area contributed by atoms with Crippen LogP contribution in [-0.2, 0) is 9.53 Å². The lowest BCUT2D eigenvalue weighted by Crippen LogP contribution is -2.41. The maximum absolute atomic E-state index is 12.5. The molecule has 0 saturated carbocycles. The van der Waals surface area contributed by atoms with Gasteiger partial charge in [0.15, 0.2) is 0 Å². The van der Waals surface area contributed by atoms with Gasteiger partial charge in [-0.15, -0.1) is 12.4 Å². The van der Waals surface area contributed by atoms with E-state index in [9.17, 15) is 4.79 Å². The van der Waals surface area contributed by atoms with Crippen molar-refractivity contribution in [1.82, 2.24) is 4.90 Å². The molecule has 1 amide bonds. The third-order valence-corrected chi connectivity index (χ3v) is 5.04. The molecule has 2 aromatic carbocycles. The normalized spacial score (nSPS) is 14.3. The Morgan fingerprint density at radius 3 is 2.41 bits per heavy atom. The molecule has 1 fully saturated rings. The van der Waals surface area contributed by atoms with E-state index in [1.54, 1.807) is 0 Å². The predicted molar refractivity (Wildman–Crippen MR) is 118 cm³/mol. The molecule has 2 aromatic rings. The summed E-state index contributed by atoms with van der Waals surface area (Å²) in [4.78, 5) is 14.4. The minimum atomic E-state index is 0. The monoisotopic (exact) mass is 418 g/mol. The van der Waals surface area contributed by atoms with Gasteiger partial charge in [0, 0.05) is 25.3 Å². The highest BCUT2D eigenvalue weighted by Gasteiger charge is 2.23. The van der Waals surface area contributed by atoms with Crippen molar-refractivity contribution >= 4 is 18.3 Å². The topological polar surface area (TPSA) is 64.8 Å². The van der Waals surface area contributed by atoms with Gasteiger partial charge in [0.25, 0.3) is 0 Å². The minimum absolute atomic E-state index is 0. The van der Waals surface area contributed by atoms with Crippen LogP contribution < -0.4 is 10.5 Å². The van der Waals surface area contributed by atoms with E-state index in [1.807, 2.05) is 47.4 Å². The van der Waals surface area contributed by atoms with Crippen molar-refractivity contribution in [2.24, 2.45) is 5.73 Å². The Hall–Kier alpha value is -2.08. The summed E-state index contributed by atoms with van der Waals surface area (Å²) in [5.74, 6) is 0.964. The van der Waals surface area contributed by atoms with Crippen LogP contribution in [-0.4, -0.2) is 49.8 Å². The number of rotatable bonds is 9. The Balaban J connectivity index is 0.00000300. The molecule has 0 aromatic heterocycles. The average molecular weight is 419 g/mol. The van der Waals surface area contributed by atoms with Crippen molar-refractivity contribution in [2.45, 2.75) is 31.8 Å². The van der Waals surface area contributed by atoms with Crippen molar-refractivity contribution < 1.29 is 14.3 Å². The van der Waals surface area contributed by atoms with E-state index in [0.717, 1.165) is 49.2 Å². The molecule has 6 heteroatoms. The van der Waals surface area contributed by atoms with Crippen molar-refractivity contribution in [2.75, 3.05) is 32.8 Å². The Morgan fingerprint density at radius 2 is 1.69 bits per heavy atom. The molecule has 29 heavy (non-hydrogen) atoms. The number of carbonyl (C=O) groups excluding carboxylic acids is 1. The Morgan fingerprint density at radius 1 is 1.00 bits per heavy atom. The summed E-state index contributed by atoms with van der Waals surface area (Å²) in [5.41, 5.74) is 7.65. The van der Waals surface area contributed by atoms with Gasteiger partial charge in [-0.05, 0) is 37.4 Å². The molecule has 0 unspecified atom stereocenters. The van der Waals surface area contributed by atoms with Crippen LogP contribution in [0.15, 0.2) is 54.6 Å². The van der Waals surface area contributed by atoms with Crippen LogP contribution in [0.4, 0.5) is 0 Å². The number of ether oxygens (including phenoxy) is 2. The first kappa shape index (κ1) is 23.2. The zero-order valence-electron chi connectivity index (χ0n) is 16.8. The number of para-hydroxylation sites is 1. The number of benzene rings is 2. The van der Waals surface area contributed by atoms with Crippen LogP contribution in [0, 0.1) is 0 Å². The maximum atomic E-state index is 12.5. The third-order valence-electron chi connectivity index (χ3n) is 5.04. The molecular weight excluding hydrogens is 388 g/mol. The highest BCUT2D eigenvalue weighted by molar-refractivity contribution is 5.85. The summed E-state index contributed by atoms with van der Waals surface area (Å²) in [5, 5.41) is 0. The number of hydrogen-bond donors (Lipinski definition) is 1. The highest BCUT2D eigenvalue weighted by Crippen LogP contribution is 2.29. The second kappa shape index (κ2) is 12.5. The van der Waals surface area contributed by atoms with E-state index in [-0.39, 0.29) is 24.4 Å². The Bertz CT molecular complexity index is 734. The number of nitrogens with zero attached hydrogens (tertiary/aromatic N) is 1. The summed E-state index contributed by atoms with van der Waals surface area (Å²) in [6.07, 6.45) is 3.33. The summed E-state index contributed by atoms with van der Waals surface area (Å²) >= 11 is 0.